The van der Waals surface area contributed by atoms with Gasteiger partial charge in [0.25, 0.3) is 0 Å². The molecule has 1 rings (SSSR count). The third-order valence-electron chi connectivity index (χ3n) is 1.83. The first-order valence-corrected chi connectivity index (χ1v) is 4.55. The van der Waals surface area contributed by atoms with Gasteiger partial charge in [-0.3, -0.25) is 0 Å². The van der Waals surface area contributed by atoms with Crippen LogP contribution in [0.25, 0.3) is 6.08 Å². The Morgan fingerprint density at radius 3 is 2.64 bits per heavy atom. The van der Waals surface area contributed by atoms with E-state index in [1.165, 1.54) is 12.1 Å². The monoisotopic (exact) mass is 197 g/mol. The summed E-state index contributed by atoms with van der Waals surface area (Å²) in [7, 11) is 0. The molecule has 0 aliphatic heterocycles. The third-order valence-corrected chi connectivity index (χ3v) is 1.83. The van der Waals surface area contributed by atoms with Crippen molar-refractivity contribution in [2.45, 2.75) is 12.8 Å². The highest BCUT2D eigenvalue weighted by molar-refractivity contribution is 5.48. The number of hydrogen-bond donors (Lipinski definition) is 1. The summed E-state index contributed by atoms with van der Waals surface area (Å²) in [6.07, 6.45) is 5.42. The van der Waals surface area contributed by atoms with Crippen molar-refractivity contribution in [3.05, 3.63) is 41.5 Å². The van der Waals surface area contributed by atoms with Crippen LogP contribution in [0.4, 0.5) is 8.78 Å². The molecular formula is C11H13F2N. The van der Waals surface area contributed by atoms with Gasteiger partial charge in [-0.2, -0.15) is 0 Å². The van der Waals surface area contributed by atoms with Gasteiger partial charge >= 0.3 is 0 Å². The van der Waals surface area contributed by atoms with E-state index in [1.54, 1.807) is 6.08 Å². The molecule has 3 heteroatoms. The summed E-state index contributed by atoms with van der Waals surface area (Å²) in [6.45, 7) is 0.641. The summed E-state index contributed by atoms with van der Waals surface area (Å²) < 4.78 is 25.3. The molecule has 0 amide bonds. The molecule has 0 atom stereocenters. The number of benzene rings is 1. The van der Waals surface area contributed by atoms with Crippen molar-refractivity contribution in [2.75, 3.05) is 6.54 Å². The van der Waals surface area contributed by atoms with E-state index >= 15 is 0 Å². The van der Waals surface area contributed by atoms with Gasteiger partial charge < -0.3 is 5.73 Å². The zero-order chi connectivity index (χ0) is 10.4. The number of halogens is 2. The van der Waals surface area contributed by atoms with Gasteiger partial charge in [-0.05, 0) is 37.1 Å². The van der Waals surface area contributed by atoms with Crippen molar-refractivity contribution < 1.29 is 8.78 Å². The molecule has 0 bridgehead atoms. The van der Waals surface area contributed by atoms with Gasteiger partial charge in [0.2, 0.25) is 0 Å². The van der Waals surface area contributed by atoms with E-state index in [9.17, 15) is 8.78 Å². The topological polar surface area (TPSA) is 26.0 Å². The molecule has 0 fully saturated rings. The fourth-order valence-corrected chi connectivity index (χ4v) is 1.07. The van der Waals surface area contributed by atoms with Gasteiger partial charge in [-0.15, -0.1) is 0 Å². The summed E-state index contributed by atoms with van der Waals surface area (Å²) in [4.78, 5) is 0. The van der Waals surface area contributed by atoms with Crippen molar-refractivity contribution in [3.63, 3.8) is 0 Å². The van der Waals surface area contributed by atoms with Crippen LogP contribution in [0.2, 0.25) is 0 Å². The van der Waals surface area contributed by atoms with Crippen molar-refractivity contribution in [2.24, 2.45) is 5.73 Å². The molecule has 0 radical (unpaired) electrons. The van der Waals surface area contributed by atoms with Crippen molar-refractivity contribution in [3.8, 4) is 0 Å². The number of hydrogen-bond acceptors (Lipinski definition) is 1. The maximum atomic E-state index is 12.7. The smallest absolute Gasteiger partial charge is 0.159 e. The molecule has 0 saturated carbocycles. The SMILES string of the molecule is NCCC/C=C/c1ccc(F)c(F)c1. The molecule has 14 heavy (non-hydrogen) atoms. The van der Waals surface area contributed by atoms with Gasteiger partial charge in [0, 0.05) is 0 Å². The molecule has 0 spiro atoms. The number of allylic oxidation sites excluding steroid dienone is 1. The molecule has 2 N–H and O–H groups in total. The standard InChI is InChI=1S/C11H13F2N/c12-10-6-5-9(8-11(10)13)4-2-1-3-7-14/h2,4-6,8H,1,3,7,14H2/b4-2+. The van der Waals surface area contributed by atoms with E-state index in [1.807, 2.05) is 6.08 Å². The van der Waals surface area contributed by atoms with Crippen molar-refractivity contribution in [1.29, 1.82) is 0 Å². The summed E-state index contributed by atoms with van der Waals surface area (Å²) in [5.74, 6) is -1.63. The van der Waals surface area contributed by atoms with Crippen LogP contribution in [0.15, 0.2) is 24.3 Å². The van der Waals surface area contributed by atoms with Crippen LogP contribution >= 0.6 is 0 Å². The second kappa shape index (κ2) is 5.50. The lowest BCUT2D eigenvalue weighted by atomic mass is 10.2. The molecule has 0 heterocycles. The zero-order valence-corrected chi connectivity index (χ0v) is 7.84. The molecule has 0 aromatic heterocycles. The summed E-state index contributed by atoms with van der Waals surface area (Å²) in [5.41, 5.74) is 5.98. The molecule has 0 unspecified atom stereocenters. The molecule has 0 saturated heterocycles. The maximum absolute atomic E-state index is 12.7. The Balaban J connectivity index is 2.59. The minimum atomic E-state index is -0.816. The number of unbranched alkanes of at least 4 members (excludes halogenated alkanes) is 1. The molecule has 1 aromatic carbocycles. The Kier molecular flexibility index (Phi) is 4.26. The van der Waals surface area contributed by atoms with E-state index in [4.69, 9.17) is 5.73 Å². The van der Waals surface area contributed by atoms with Gasteiger partial charge in [-0.25, -0.2) is 8.78 Å². The first-order chi connectivity index (χ1) is 6.74. The maximum Gasteiger partial charge on any atom is 0.159 e. The minimum Gasteiger partial charge on any atom is -0.330 e. The molecule has 0 aliphatic carbocycles. The Labute approximate surface area is 82.2 Å². The van der Waals surface area contributed by atoms with Gasteiger partial charge in [0.1, 0.15) is 0 Å². The second-order valence-corrected chi connectivity index (χ2v) is 3.01. The van der Waals surface area contributed by atoms with Crippen LogP contribution in [-0.4, -0.2) is 6.54 Å². The predicted molar refractivity (Wildman–Crippen MR) is 53.7 cm³/mol. The van der Waals surface area contributed by atoms with E-state index in [-0.39, 0.29) is 0 Å². The average molecular weight is 197 g/mol. The van der Waals surface area contributed by atoms with Crippen LogP contribution in [0, 0.1) is 11.6 Å². The van der Waals surface area contributed by atoms with Crippen molar-refractivity contribution >= 4 is 6.08 Å². The first kappa shape index (κ1) is 10.9. The zero-order valence-electron chi connectivity index (χ0n) is 7.84. The van der Waals surface area contributed by atoms with Crippen LogP contribution in [0.1, 0.15) is 18.4 Å². The van der Waals surface area contributed by atoms with E-state index in [0.717, 1.165) is 18.9 Å². The summed E-state index contributed by atoms with van der Waals surface area (Å²) in [6, 6.07) is 3.84. The van der Waals surface area contributed by atoms with Crippen LogP contribution in [0.3, 0.4) is 0 Å². The van der Waals surface area contributed by atoms with E-state index in [2.05, 4.69) is 0 Å². The molecular weight excluding hydrogens is 184 g/mol. The molecule has 0 aliphatic rings. The Morgan fingerprint density at radius 1 is 1.21 bits per heavy atom. The second-order valence-electron chi connectivity index (χ2n) is 3.01. The minimum absolute atomic E-state index is 0.641. The molecule has 76 valence electrons. The van der Waals surface area contributed by atoms with Crippen molar-refractivity contribution in [1.82, 2.24) is 0 Å². The fraction of sp³-hybridized carbons (Fsp3) is 0.273. The number of nitrogens with two attached hydrogens (primary N) is 1. The first-order valence-electron chi connectivity index (χ1n) is 4.55. The van der Waals surface area contributed by atoms with E-state index < -0.39 is 11.6 Å². The van der Waals surface area contributed by atoms with Crippen LogP contribution in [0.5, 0.6) is 0 Å². The highest BCUT2D eigenvalue weighted by atomic mass is 19.2. The summed E-state index contributed by atoms with van der Waals surface area (Å²) >= 11 is 0. The lowest BCUT2D eigenvalue weighted by Gasteiger charge is -1.95. The largest absolute Gasteiger partial charge is 0.330 e. The predicted octanol–water partition coefficient (Wildman–Crippen LogP) is 2.72. The number of rotatable bonds is 4. The average Bonchev–Trinajstić information content (AvgIpc) is 2.18. The summed E-state index contributed by atoms with van der Waals surface area (Å²) in [5, 5.41) is 0. The fourth-order valence-electron chi connectivity index (χ4n) is 1.07. The Morgan fingerprint density at radius 2 is 2.00 bits per heavy atom. The molecule has 1 aromatic rings. The Bertz CT molecular complexity index is 321. The third kappa shape index (κ3) is 3.26. The van der Waals surface area contributed by atoms with Gasteiger partial charge in [0.05, 0.1) is 0 Å². The van der Waals surface area contributed by atoms with Gasteiger partial charge in [-0.1, -0.05) is 18.2 Å². The molecule has 1 nitrogen and oxygen atoms in total. The lowest BCUT2D eigenvalue weighted by Crippen LogP contribution is -1.96. The van der Waals surface area contributed by atoms with E-state index in [0.29, 0.717) is 12.1 Å². The quantitative estimate of drug-likeness (QED) is 0.738. The highest BCUT2D eigenvalue weighted by Crippen LogP contribution is 2.10. The van der Waals surface area contributed by atoms with Gasteiger partial charge in [0.15, 0.2) is 11.6 Å². The van der Waals surface area contributed by atoms with Crippen LogP contribution in [-0.2, 0) is 0 Å². The lowest BCUT2D eigenvalue weighted by molar-refractivity contribution is 0.508. The normalized spacial score (nSPS) is 11.1. The Hall–Kier alpha value is -1.22. The highest BCUT2D eigenvalue weighted by Gasteiger charge is 1.99. The van der Waals surface area contributed by atoms with Crippen LogP contribution < -0.4 is 5.73 Å².